The zero-order valence-electron chi connectivity index (χ0n) is 12.7. The van der Waals surface area contributed by atoms with E-state index in [1.807, 2.05) is 0 Å². The molecule has 128 valence electrons. The van der Waals surface area contributed by atoms with Crippen LogP contribution in [-0.2, 0) is 0 Å². The molecule has 0 fully saturated rings. The van der Waals surface area contributed by atoms with Gasteiger partial charge in [0.2, 0.25) is 0 Å². The molecule has 0 unspecified atom stereocenters. The van der Waals surface area contributed by atoms with Crippen LogP contribution in [0, 0.1) is 24.4 Å². The summed E-state index contributed by atoms with van der Waals surface area (Å²) in [6.07, 6.45) is 0. The van der Waals surface area contributed by atoms with E-state index >= 15 is 0 Å². The van der Waals surface area contributed by atoms with Gasteiger partial charge in [-0.25, -0.2) is 18.2 Å². The SMILES string of the molecule is Cc1sc(NC(=O)c2cc(F)c(F)cc2Cl)nc1-c1ccc(F)cc1. The molecule has 0 atom stereocenters. The van der Waals surface area contributed by atoms with Gasteiger partial charge in [0.1, 0.15) is 5.82 Å². The zero-order valence-corrected chi connectivity index (χ0v) is 14.3. The maximum absolute atomic E-state index is 13.3. The molecule has 1 N–H and O–H groups in total. The van der Waals surface area contributed by atoms with Crippen LogP contribution in [0.2, 0.25) is 5.02 Å². The molecule has 0 saturated carbocycles. The second-order valence-electron chi connectivity index (χ2n) is 5.13. The average molecular weight is 383 g/mol. The Morgan fingerprint density at radius 3 is 2.44 bits per heavy atom. The number of hydrogen-bond donors (Lipinski definition) is 1. The number of aryl methyl sites for hydroxylation is 1. The van der Waals surface area contributed by atoms with E-state index in [4.69, 9.17) is 11.6 Å². The summed E-state index contributed by atoms with van der Waals surface area (Å²) in [5, 5.41) is 2.57. The summed E-state index contributed by atoms with van der Waals surface area (Å²) in [6.45, 7) is 1.80. The molecule has 8 heteroatoms. The lowest BCUT2D eigenvalue weighted by Gasteiger charge is -2.05. The van der Waals surface area contributed by atoms with Crippen molar-refractivity contribution in [3.8, 4) is 11.3 Å². The number of carbonyl (C=O) groups is 1. The minimum absolute atomic E-state index is 0.197. The van der Waals surface area contributed by atoms with E-state index in [0.29, 0.717) is 11.3 Å². The van der Waals surface area contributed by atoms with E-state index in [0.717, 1.165) is 17.0 Å². The van der Waals surface area contributed by atoms with Gasteiger partial charge < -0.3 is 0 Å². The van der Waals surface area contributed by atoms with Crippen molar-refractivity contribution in [2.75, 3.05) is 5.32 Å². The fourth-order valence-electron chi connectivity index (χ4n) is 2.19. The van der Waals surface area contributed by atoms with Crippen LogP contribution in [0.4, 0.5) is 18.3 Å². The van der Waals surface area contributed by atoms with Crippen molar-refractivity contribution in [3.63, 3.8) is 0 Å². The molecule has 0 saturated heterocycles. The number of anilines is 1. The van der Waals surface area contributed by atoms with Crippen LogP contribution >= 0.6 is 22.9 Å². The highest BCUT2D eigenvalue weighted by molar-refractivity contribution is 7.16. The lowest BCUT2D eigenvalue weighted by Crippen LogP contribution is -2.13. The Morgan fingerprint density at radius 2 is 1.76 bits per heavy atom. The third kappa shape index (κ3) is 3.67. The molecule has 2 aromatic carbocycles. The third-order valence-electron chi connectivity index (χ3n) is 3.39. The molecule has 3 nitrogen and oxygen atoms in total. The number of nitrogens with zero attached hydrogens (tertiary/aromatic N) is 1. The summed E-state index contributed by atoms with van der Waals surface area (Å²) in [5.74, 6) is -3.37. The van der Waals surface area contributed by atoms with Crippen LogP contribution in [0.1, 0.15) is 15.2 Å². The van der Waals surface area contributed by atoms with Crippen molar-refractivity contribution >= 4 is 34.0 Å². The molecule has 0 aliphatic carbocycles. The van der Waals surface area contributed by atoms with Gasteiger partial charge in [0.15, 0.2) is 16.8 Å². The third-order valence-corrected chi connectivity index (χ3v) is 4.59. The normalized spacial score (nSPS) is 10.8. The van der Waals surface area contributed by atoms with E-state index < -0.39 is 17.5 Å². The van der Waals surface area contributed by atoms with Crippen LogP contribution in [-0.4, -0.2) is 10.9 Å². The Morgan fingerprint density at radius 1 is 1.12 bits per heavy atom. The Hall–Kier alpha value is -2.38. The summed E-state index contributed by atoms with van der Waals surface area (Å²) in [7, 11) is 0. The molecule has 0 aliphatic rings. The largest absolute Gasteiger partial charge is 0.298 e. The lowest BCUT2D eigenvalue weighted by atomic mass is 10.1. The highest BCUT2D eigenvalue weighted by Crippen LogP contribution is 2.31. The van der Waals surface area contributed by atoms with Crippen LogP contribution in [0.15, 0.2) is 36.4 Å². The van der Waals surface area contributed by atoms with Gasteiger partial charge in [-0.1, -0.05) is 11.6 Å². The van der Waals surface area contributed by atoms with E-state index in [1.54, 1.807) is 19.1 Å². The number of halogens is 4. The molecule has 0 radical (unpaired) electrons. The molecule has 1 amide bonds. The smallest absolute Gasteiger partial charge is 0.259 e. The van der Waals surface area contributed by atoms with Crippen molar-refractivity contribution in [1.82, 2.24) is 4.98 Å². The first-order chi connectivity index (χ1) is 11.8. The number of nitrogens with one attached hydrogen (secondary N) is 1. The maximum Gasteiger partial charge on any atom is 0.259 e. The summed E-state index contributed by atoms with van der Waals surface area (Å²) in [4.78, 5) is 17.3. The standard InChI is InChI=1S/C17H10ClF3N2OS/c1-8-15(9-2-4-10(19)5-3-9)22-17(25-8)23-16(24)11-6-13(20)14(21)7-12(11)18/h2-7H,1H3,(H,22,23,24). The van der Waals surface area contributed by atoms with Crippen LogP contribution in [0.3, 0.4) is 0 Å². The van der Waals surface area contributed by atoms with Crippen LogP contribution < -0.4 is 5.32 Å². The summed E-state index contributed by atoms with van der Waals surface area (Å²) >= 11 is 6.99. The first-order valence-corrected chi connectivity index (χ1v) is 8.24. The second kappa shape index (κ2) is 6.85. The van der Waals surface area contributed by atoms with E-state index in [9.17, 15) is 18.0 Å². The Balaban J connectivity index is 1.87. The summed E-state index contributed by atoms with van der Waals surface area (Å²) < 4.78 is 39.4. The fourth-order valence-corrected chi connectivity index (χ4v) is 3.25. The van der Waals surface area contributed by atoms with Crippen molar-refractivity contribution in [3.05, 3.63) is 69.3 Å². The van der Waals surface area contributed by atoms with E-state index in [-0.39, 0.29) is 21.5 Å². The summed E-state index contributed by atoms with van der Waals surface area (Å²) in [6, 6.07) is 7.25. The number of amides is 1. The minimum Gasteiger partial charge on any atom is -0.298 e. The van der Waals surface area contributed by atoms with Crippen molar-refractivity contribution in [1.29, 1.82) is 0 Å². The van der Waals surface area contributed by atoms with Crippen molar-refractivity contribution < 1.29 is 18.0 Å². The lowest BCUT2D eigenvalue weighted by molar-refractivity contribution is 0.102. The molecule has 0 bridgehead atoms. The second-order valence-corrected chi connectivity index (χ2v) is 6.74. The molecule has 3 aromatic rings. The van der Waals surface area contributed by atoms with Crippen LogP contribution in [0.25, 0.3) is 11.3 Å². The van der Waals surface area contributed by atoms with E-state index in [2.05, 4.69) is 10.3 Å². The molecule has 1 heterocycles. The number of thiazole rings is 1. The van der Waals surface area contributed by atoms with Gasteiger partial charge >= 0.3 is 0 Å². The van der Waals surface area contributed by atoms with Gasteiger partial charge in [0.25, 0.3) is 5.91 Å². The first kappa shape index (κ1) is 17.4. The highest BCUT2D eigenvalue weighted by atomic mass is 35.5. The topological polar surface area (TPSA) is 42.0 Å². The van der Waals surface area contributed by atoms with Gasteiger partial charge in [0.05, 0.1) is 16.3 Å². The number of carbonyl (C=O) groups excluding carboxylic acids is 1. The highest BCUT2D eigenvalue weighted by Gasteiger charge is 2.17. The van der Waals surface area contributed by atoms with Crippen LogP contribution in [0.5, 0.6) is 0 Å². The Kier molecular flexibility index (Phi) is 4.78. The first-order valence-electron chi connectivity index (χ1n) is 7.04. The zero-order chi connectivity index (χ0) is 18.1. The van der Waals surface area contributed by atoms with Gasteiger partial charge in [-0.05, 0) is 43.3 Å². The molecular weight excluding hydrogens is 373 g/mol. The number of hydrogen-bond acceptors (Lipinski definition) is 3. The van der Waals surface area contributed by atoms with Gasteiger partial charge in [-0.15, -0.1) is 11.3 Å². The van der Waals surface area contributed by atoms with E-state index in [1.165, 1.54) is 23.5 Å². The number of benzene rings is 2. The fraction of sp³-hybridized carbons (Fsp3) is 0.0588. The molecule has 0 aliphatic heterocycles. The van der Waals surface area contributed by atoms with Gasteiger partial charge in [-0.2, -0.15) is 0 Å². The number of rotatable bonds is 3. The predicted molar refractivity (Wildman–Crippen MR) is 91.6 cm³/mol. The Bertz CT molecular complexity index is 957. The molecule has 0 spiro atoms. The minimum atomic E-state index is -1.17. The predicted octanol–water partition coefficient (Wildman–Crippen LogP) is 5.44. The van der Waals surface area contributed by atoms with Gasteiger partial charge in [-0.3, -0.25) is 10.1 Å². The average Bonchev–Trinajstić information content (AvgIpc) is 2.92. The van der Waals surface area contributed by atoms with Gasteiger partial charge in [0, 0.05) is 10.4 Å². The van der Waals surface area contributed by atoms with Crippen molar-refractivity contribution in [2.45, 2.75) is 6.92 Å². The maximum atomic E-state index is 13.3. The monoisotopic (exact) mass is 382 g/mol. The molecule has 1 aromatic heterocycles. The quantitative estimate of drug-likeness (QED) is 0.613. The molecular formula is C17H10ClF3N2OS. The summed E-state index contributed by atoms with van der Waals surface area (Å²) in [5.41, 5.74) is 1.09. The van der Waals surface area contributed by atoms with Crippen molar-refractivity contribution in [2.24, 2.45) is 0 Å². The Labute approximate surface area is 150 Å². The molecule has 3 rings (SSSR count). The number of aromatic nitrogens is 1. The molecule has 25 heavy (non-hydrogen) atoms.